The number of halogens is 1. The zero-order chi connectivity index (χ0) is 14.7. The number of hydrogen-bond donors (Lipinski definition) is 2. The van der Waals surface area contributed by atoms with Gasteiger partial charge < -0.3 is 15.4 Å². The number of pyridine rings is 1. The number of nitrogen functional groups attached to an aromatic ring is 1. The Bertz CT molecular complexity index is 865. The number of aromatic hydroxyl groups is 1. The molecule has 2 aromatic heterocycles. The molecule has 108 valence electrons. The second-order valence-electron chi connectivity index (χ2n) is 6.01. The fourth-order valence-corrected chi connectivity index (χ4v) is 3.77. The van der Waals surface area contributed by atoms with Gasteiger partial charge in [-0.2, -0.15) is 0 Å². The summed E-state index contributed by atoms with van der Waals surface area (Å²) in [7, 11) is 0. The number of para-hydroxylation sites is 1. The molecule has 0 amide bonds. The van der Waals surface area contributed by atoms with Crippen molar-refractivity contribution in [3.8, 4) is 5.88 Å². The molecule has 4 rings (SSSR count). The van der Waals surface area contributed by atoms with Crippen LogP contribution in [0, 0.1) is 5.92 Å². The third-order valence-corrected chi connectivity index (χ3v) is 5.15. The van der Waals surface area contributed by atoms with E-state index in [1.807, 2.05) is 29.0 Å². The van der Waals surface area contributed by atoms with Gasteiger partial charge in [0.2, 0.25) is 5.88 Å². The van der Waals surface area contributed by atoms with Crippen molar-refractivity contribution < 1.29 is 5.11 Å². The van der Waals surface area contributed by atoms with E-state index in [9.17, 15) is 5.11 Å². The molecular formula is C16H16BrN3O. The van der Waals surface area contributed by atoms with Crippen molar-refractivity contribution >= 4 is 43.4 Å². The lowest BCUT2D eigenvalue weighted by atomic mass is 9.82. The summed E-state index contributed by atoms with van der Waals surface area (Å²) in [5.74, 6) is 0.965. The Balaban J connectivity index is 2.01. The molecule has 3 aromatic rings. The lowest BCUT2D eigenvalue weighted by Gasteiger charge is -2.34. The highest BCUT2D eigenvalue weighted by atomic mass is 79.9. The van der Waals surface area contributed by atoms with Crippen LogP contribution in [0.4, 0.5) is 5.69 Å². The minimum absolute atomic E-state index is 0.244. The zero-order valence-electron chi connectivity index (χ0n) is 11.7. The molecule has 0 aliphatic heterocycles. The molecule has 0 unspecified atom stereocenters. The minimum Gasteiger partial charge on any atom is -0.494 e. The number of benzene rings is 1. The van der Waals surface area contributed by atoms with Crippen LogP contribution in [0.1, 0.15) is 25.8 Å². The molecule has 0 saturated heterocycles. The van der Waals surface area contributed by atoms with Gasteiger partial charge in [0.1, 0.15) is 0 Å². The van der Waals surface area contributed by atoms with Crippen LogP contribution in [0.25, 0.3) is 21.8 Å². The minimum atomic E-state index is 0.244. The van der Waals surface area contributed by atoms with Crippen molar-refractivity contribution in [3.05, 3.63) is 28.9 Å². The molecule has 1 fully saturated rings. The summed E-state index contributed by atoms with van der Waals surface area (Å²) < 4.78 is 2.85. The van der Waals surface area contributed by atoms with E-state index in [2.05, 4.69) is 27.8 Å². The maximum absolute atomic E-state index is 10.6. The van der Waals surface area contributed by atoms with Gasteiger partial charge >= 0.3 is 0 Å². The van der Waals surface area contributed by atoms with Crippen molar-refractivity contribution in [3.63, 3.8) is 0 Å². The molecule has 0 atom stereocenters. The first-order valence-corrected chi connectivity index (χ1v) is 7.92. The average Bonchev–Trinajstić information content (AvgIpc) is 2.74. The van der Waals surface area contributed by atoms with Gasteiger partial charge in [-0.3, -0.25) is 0 Å². The number of fused-ring (bicyclic) bond motifs is 2. The molecule has 21 heavy (non-hydrogen) atoms. The number of nitrogens with zero attached hydrogens (tertiary/aromatic N) is 2. The highest BCUT2D eigenvalue weighted by Gasteiger charge is 2.30. The van der Waals surface area contributed by atoms with Gasteiger partial charge in [0.05, 0.1) is 22.1 Å². The van der Waals surface area contributed by atoms with E-state index in [-0.39, 0.29) is 5.88 Å². The van der Waals surface area contributed by atoms with Crippen LogP contribution in [0.15, 0.2) is 28.9 Å². The van der Waals surface area contributed by atoms with Crippen LogP contribution < -0.4 is 5.73 Å². The zero-order valence-corrected chi connectivity index (χ0v) is 13.3. The summed E-state index contributed by atoms with van der Waals surface area (Å²) in [5, 5.41) is 12.1. The molecule has 0 spiro atoms. The summed E-state index contributed by atoms with van der Waals surface area (Å²) in [4.78, 5) is 4.67. The van der Waals surface area contributed by atoms with Crippen molar-refractivity contribution in [2.24, 2.45) is 5.92 Å². The lowest BCUT2D eigenvalue weighted by molar-refractivity contribution is 0.202. The number of rotatable bonds is 1. The Morgan fingerprint density at radius 1 is 1.38 bits per heavy atom. The molecule has 5 heteroatoms. The van der Waals surface area contributed by atoms with Gasteiger partial charge in [-0.1, -0.05) is 19.1 Å². The summed E-state index contributed by atoms with van der Waals surface area (Å²) >= 11 is 3.52. The van der Waals surface area contributed by atoms with Gasteiger partial charge in [-0.05, 0) is 40.8 Å². The highest BCUT2D eigenvalue weighted by molar-refractivity contribution is 9.10. The quantitative estimate of drug-likeness (QED) is 0.694. The first kappa shape index (κ1) is 13.0. The monoisotopic (exact) mass is 345 g/mol. The molecule has 3 N–H and O–H groups in total. The maximum Gasteiger partial charge on any atom is 0.203 e. The first-order valence-electron chi connectivity index (χ1n) is 7.13. The molecule has 1 aromatic carbocycles. The van der Waals surface area contributed by atoms with E-state index >= 15 is 0 Å². The number of anilines is 1. The van der Waals surface area contributed by atoms with Crippen LogP contribution >= 0.6 is 15.9 Å². The molecule has 0 bridgehead atoms. The summed E-state index contributed by atoms with van der Waals surface area (Å²) in [5.41, 5.74) is 8.48. The van der Waals surface area contributed by atoms with Crippen LogP contribution in [0.2, 0.25) is 0 Å². The predicted molar refractivity (Wildman–Crippen MR) is 88.5 cm³/mol. The van der Waals surface area contributed by atoms with Crippen LogP contribution in [-0.2, 0) is 0 Å². The summed E-state index contributed by atoms with van der Waals surface area (Å²) in [6.45, 7) is 2.23. The fourth-order valence-electron chi connectivity index (χ4n) is 3.31. The summed E-state index contributed by atoms with van der Waals surface area (Å²) in [6, 6.07) is 6.17. The van der Waals surface area contributed by atoms with E-state index < -0.39 is 0 Å². The smallest absolute Gasteiger partial charge is 0.203 e. The van der Waals surface area contributed by atoms with Gasteiger partial charge in [0, 0.05) is 22.1 Å². The Labute approximate surface area is 130 Å². The lowest BCUT2D eigenvalue weighted by Crippen LogP contribution is -2.23. The second kappa shape index (κ2) is 4.37. The van der Waals surface area contributed by atoms with Crippen LogP contribution in [0.5, 0.6) is 5.88 Å². The van der Waals surface area contributed by atoms with E-state index in [4.69, 9.17) is 5.73 Å². The van der Waals surface area contributed by atoms with Gasteiger partial charge in [0.15, 0.2) is 0 Å². The molecular weight excluding hydrogens is 330 g/mol. The molecule has 0 radical (unpaired) electrons. The number of aromatic nitrogens is 2. The standard InChI is InChI=1S/C16H16BrN3O/c1-8-5-9(6-8)20-7-12-13(16(20)21)14(18)10-3-2-4-11(17)15(10)19-12/h2-4,7-9,21H,5-6,18H2,1H3. The average molecular weight is 346 g/mol. The molecule has 1 saturated carbocycles. The third kappa shape index (κ3) is 1.77. The third-order valence-electron chi connectivity index (χ3n) is 4.51. The predicted octanol–water partition coefficient (Wildman–Crippen LogP) is 4.21. The molecule has 2 heterocycles. The maximum atomic E-state index is 10.6. The van der Waals surface area contributed by atoms with Gasteiger partial charge in [-0.25, -0.2) is 4.98 Å². The normalized spacial score (nSPS) is 21.8. The van der Waals surface area contributed by atoms with Crippen molar-refractivity contribution in [1.29, 1.82) is 0 Å². The Morgan fingerprint density at radius 2 is 2.14 bits per heavy atom. The Kier molecular flexibility index (Phi) is 2.70. The van der Waals surface area contributed by atoms with Crippen molar-refractivity contribution in [1.82, 2.24) is 9.55 Å². The molecule has 1 aliphatic carbocycles. The molecule has 1 aliphatic rings. The fraction of sp³-hybridized carbons (Fsp3) is 0.312. The van der Waals surface area contributed by atoms with E-state index in [0.717, 1.165) is 39.7 Å². The number of hydrogen-bond acceptors (Lipinski definition) is 3. The SMILES string of the molecule is CC1CC(n2cc3nc4c(Br)cccc4c(N)c3c2O)C1. The van der Waals surface area contributed by atoms with E-state index in [1.54, 1.807) is 0 Å². The largest absolute Gasteiger partial charge is 0.494 e. The number of nitrogens with two attached hydrogens (primary N) is 1. The summed E-state index contributed by atoms with van der Waals surface area (Å²) in [6.07, 6.45) is 4.12. The van der Waals surface area contributed by atoms with Crippen LogP contribution in [-0.4, -0.2) is 14.7 Å². The Hall–Kier alpha value is -1.75. The van der Waals surface area contributed by atoms with E-state index in [1.165, 1.54) is 0 Å². The highest BCUT2D eigenvalue weighted by Crippen LogP contribution is 2.44. The van der Waals surface area contributed by atoms with Crippen molar-refractivity contribution in [2.45, 2.75) is 25.8 Å². The van der Waals surface area contributed by atoms with Crippen molar-refractivity contribution in [2.75, 3.05) is 5.73 Å². The van der Waals surface area contributed by atoms with E-state index in [0.29, 0.717) is 17.1 Å². The van der Waals surface area contributed by atoms with Crippen LogP contribution in [0.3, 0.4) is 0 Å². The van der Waals surface area contributed by atoms with Gasteiger partial charge in [0.25, 0.3) is 0 Å². The first-order chi connectivity index (χ1) is 10.1. The molecule has 4 nitrogen and oxygen atoms in total. The topological polar surface area (TPSA) is 64.1 Å². The second-order valence-corrected chi connectivity index (χ2v) is 6.87. The van der Waals surface area contributed by atoms with Gasteiger partial charge in [-0.15, -0.1) is 0 Å². The Morgan fingerprint density at radius 3 is 2.86 bits per heavy atom.